The molecule has 1 aliphatic heterocycles. The van der Waals surface area contributed by atoms with Gasteiger partial charge in [-0.15, -0.1) is 11.8 Å². The largest absolute Gasteiger partial charge is 0.497 e. The van der Waals surface area contributed by atoms with Crippen molar-refractivity contribution < 1.29 is 9.53 Å². The number of para-hydroxylation sites is 1. The van der Waals surface area contributed by atoms with Gasteiger partial charge >= 0.3 is 0 Å². The third kappa shape index (κ3) is 5.97. The van der Waals surface area contributed by atoms with Crippen molar-refractivity contribution in [3.63, 3.8) is 0 Å². The van der Waals surface area contributed by atoms with Gasteiger partial charge in [0.15, 0.2) is 0 Å². The Morgan fingerprint density at radius 3 is 2.44 bits per heavy atom. The summed E-state index contributed by atoms with van der Waals surface area (Å²) in [7, 11) is 1.66. The van der Waals surface area contributed by atoms with Gasteiger partial charge in [0.05, 0.1) is 24.6 Å². The molecule has 1 amide bonds. The van der Waals surface area contributed by atoms with Crippen LogP contribution in [0.3, 0.4) is 0 Å². The Balaban J connectivity index is 1.25. The predicted octanol–water partition coefficient (Wildman–Crippen LogP) is 8.24. The first-order chi connectivity index (χ1) is 20.0. The van der Waals surface area contributed by atoms with Crippen molar-refractivity contribution in [1.29, 1.82) is 0 Å². The van der Waals surface area contributed by atoms with Crippen LogP contribution in [-0.4, -0.2) is 34.1 Å². The van der Waals surface area contributed by atoms with Gasteiger partial charge in [-0.2, -0.15) is 5.10 Å². The Kier molecular flexibility index (Phi) is 7.99. The minimum absolute atomic E-state index is 0.00572. The maximum atomic E-state index is 13.8. The van der Waals surface area contributed by atoms with E-state index in [0.29, 0.717) is 12.2 Å². The zero-order valence-corrected chi connectivity index (χ0v) is 25.4. The second-order valence-electron chi connectivity index (χ2n) is 10.2. The number of amides is 1. The number of carbonyl (C=O) groups excluding carboxylic acids is 1. The molecule has 4 aromatic carbocycles. The molecular formula is C34H30BrN3O2S. The number of thioether (sulfide) groups is 1. The molecular weight excluding hydrogens is 594 g/mol. The van der Waals surface area contributed by atoms with Crippen molar-refractivity contribution in [2.24, 2.45) is 5.10 Å². The number of ether oxygens (including phenoxy) is 1. The minimum Gasteiger partial charge on any atom is -0.497 e. The highest BCUT2D eigenvalue weighted by molar-refractivity contribution is 9.10. The molecule has 0 aliphatic carbocycles. The van der Waals surface area contributed by atoms with E-state index < -0.39 is 0 Å². The topological polar surface area (TPSA) is 46.8 Å². The Morgan fingerprint density at radius 1 is 0.976 bits per heavy atom. The maximum absolute atomic E-state index is 13.8. The minimum atomic E-state index is -0.139. The van der Waals surface area contributed by atoms with Crippen molar-refractivity contribution in [3.05, 3.63) is 130 Å². The molecule has 0 radical (unpaired) electrons. The van der Waals surface area contributed by atoms with Gasteiger partial charge in [0.25, 0.3) is 5.91 Å². The fourth-order valence-electron chi connectivity index (χ4n) is 5.20. The summed E-state index contributed by atoms with van der Waals surface area (Å²) in [6, 6.07) is 32.9. The Bertz CT molecular complexity index is 1710. The molecule has 206 valence electrons. The molecule has 41 heavy (non-hydrogen) atoms. The number of aryl methyl sites for hydroxylation is 1. The zero-order chi connectivity index (χ0) is 28.3. The van der Waals surface area contributed by atoms with Gasteiger partial charge in [0, 0.05) is 39.4 Å². The highest BCUT2D eigenvalue weighted by Gasteiger charge is 2.33. The highest BCUT2D eigenvalue weighted by Crippen LogP contribution is 2.36. The molecule has 0 N–H and O–H groups in total. The van der Waals surface area contributed by atoms with E-state index in [9.17, 15) is 4.79 Å². The molecule has 0 saturated carbocycles. The Labute approximate surface area is 253 Å². The summed E-state index contributed by atoms with van der Waals surface area (Å²) in [5.74, 6) is 1.09. The average Bonchev–Trinajstić information content (AvgIpc) is 3.60. The van der Waals surface area contributed by atoms with Crippen LogP contribution in [0.1, 0.15) is 34.7 Å². The molecule has 0 spiro atoms. The van der Waals surface area contributed by atoms with Crippen molar-refractivity contribution in [1.82, 2.24) is 9.58 Å². The first kappa shape index (κ1) is 27.4. The number of halogens is 1. The van der Waals surface area contributed by atoms with Crippen LogP contribution in [0.4, 0.5) is 0 Å². The molecule has 7 heteroatoms. The molecule has 1 aromatic heterocycles. The second-order valence-corrected chi connectivity index (χ2v) is 12.1. The maximum Gasteiger partial charge on any atom is 0.253 e. The fourth-order valence-corrected chi connectivity index (χ4v) is 6.40. The van der Waals surface area contributed by atoms with Gasteiger partial charge in [0.2, 0.25) is 0 Å². The van der Waals surface area contributed by atoms with Crippen molar-refractivity contribution in [2.45, 2.75) is 30.8 Å². The number of benzene rings is 4. The summed E-state index contributed by atoms with van der Waals surface area (Å²) in [4.78, 5) is 14.9. The van der Waals surface area contributed by atoms with E-state index in [1.807, 2.05) is 24.3 Å². The third-order valence-corrected chi connectivity index (χ3v) is 8.98. The van der Waals surface area contributed by atoms with Crippen LogP contribution in [0.15, 0.2) is 118 Å². The predicted molar refractivity (Wildman–Crippen MR) is 171 cm³/mol. The van der Waals surface area contributed by atoms with Gasteiger partial charge in [-0.3, -0.25) is 4.79 Å². The highest BCUT2D eigenvalue weighted by atomic mass is 79.9. The van der Waals surface area contributed by atoms with E-state index >= 15 is 0 Å². The molecule has 1 aliphatic rings. The Morgan fingerprint density at radius 2 is 1.71 bits per heavy atom. The van der Waals surface area contributed by atoms with E-state index in [0.717, 1.165) is 49.4 Å². The van der Waals surface area contributed by atoms with Crippen LogP contribution < -0.4 is 4.74 Å². The van der Waals surface area contributed by atoms with Gasteiger partial charge < -0.3 is 9.30 Å². The molecule has 5 aromatic rings. The molecule has 6 rings (SSSR count). The quantitative estimate of drug-likeness (QED) is 0.164. The number of methoxy groups -OCH3 is 1. The third-order valence-electron chi connectivity index (χ3n) is 7.42. The standard InChI is InChI=1S/C34H30BrN3O2S/c1-23-7-11-26(12-8-23)32-19-30(25-13-17-28(40-2)18-14-25)36-38(32)34(39)22-41-33-21-37(31-6-4-3-5-29(31)33)20-24-9-15-27(35)16-10-24/h3-18,21,32H,19-20,22H2,1-2H3. The molecule has 1 unspecified atom stereocenters. The summed E-state index contributed by atoms with van der Waals surface area (Å²) in [6.45, 7) is 2.84. The number of aromatic nitrogens is 1. The van der Waals surface area contributed by atoms with E-state index in [1.54, 1.807) is 23.9 Å². The first-order valence-corrected chi connectivity index (χ1v) is 15.3. The zero-order valence-electron chi connectivity index (χ0n) is 23.0. The first-order valence-electron chi connectivity index (χ1n) is 13.5. The molecule has 5 nitrogen and oxygen atoms in total. The SMILES string of the molecule is COc1ccc(C2=NN(C(=O)CSc3cn(Cc4ccc(Br)cc4)c4ccccc34)C(c3ccc(C)cc3)C2)cc1. The second kappa shape index (κ2) is 12.0. The molecule has 0 fully saturated rings. The lowest BCUT2D eigenvalue weighted by molar-refractivity contribution is -0.130. The van der Waals surface area contributed by atoms with Crippen LogP contribution >= 0.6 is 27.7 Å². The molecule has 0 saturated heterocycles. The number of nitrogens with zero attached hydrogens (tertiary/aromatic N) is 3. The number of carbonyl (C=O) groups is 1. The van der Waals surface area contributed by atoms with Gasteiger partial charge in [-0.1, -0.05) is 76.1 Å². The summed E-state index contributed by atoms with van der Waals surface area (Å²) in [5.41, 5.74) is 6.57. The lowest BCUT2D eigenvalue weighted by Gasteiger charge is -2.22. The van der Waals surface area contributed by atoms with Crippen LogP contribution in [0.2, 0.25) is 0 Å². The molecule has 1 atom stereocenters. The van der Waals surface area contributed by atoms with Gasteiger partial charge in [-0.25, -0.2) is 5.01 Å². The van der Waals surface area contributed by atoms with E-state index in [4.69, 9.17) is 9.84 Å². The van der Waals surface area contributed by atoms with Crippen LogP contribution in [0, 0.1) is 6.92 Å². The van der Waals surface area contributed by atoms with Gasteiger partial charge in [-0.05, 0) is 66.1 Å². The fraction of sp³-hybridized carbons (Fsp3) is 0.176. The summed E-state index contributed by atoms with van der Waals surface area (Å²) < 4.78 is 8.65. The molecule has 2 heterocycles. The number of hydrogen-bond acceptors (Lipinski definition) is 4. The monoisotopic (exact) mass is 623 g/mol. The summed E-state index contributed by atoms with van der Waals surface area (Å²) in [5, 5.41) is 7.72. The number of rotatable bonds is 8. The van der Waals surface area contributed by atoms with Crippen molar-refractivity contribution in [2.75, 3.05) is 12.9 Å². The van der Waals surface area contributed by atoms with Gasteiger partial charge in [0.1, 0.15) is 5.75 Å². The number of fused-ring (bicyclic) bond motifs is 1. The van der Waals surface area contributed by atoms with Crippen LogP contribution in [0.25, 0.3) is 10.9 Å². The van der Waals surface area contributed by atoms with E-state index in [-0.39, 0.29) is 11.9 Å². The van der Waals surface area contributed by atoms with E-state index in [1.165, 1.54) is 11.1 Å². The lowest BCUT2D eigenvalue weighted by Crippen LogP contribution is -2.28. The lowest BCUT2D eigenvalue weighted by atomic mass is 9.97. The van der Waals surface area contributed by atoms with Crippen molar-refractivity contribution >= 4 is 50.2 Å². The Hall–Kier alpha value is -3.81. The normalized spacial score (nSPS) is 14.9. The number of hydrazone groups is 1. The smallest absolute Gasteiger partial charge is 0.253 e. The average molecular weight is 625 g/mol. The van der Waals surface area contributed by atoms with Crippen LogP contribution in [-0.2, 0) is 11.3 Å². The van der Waals surface area contributed by atoms with Crippen molar-refractivity contribution in [3.8, 4) is 5.75 Å². The molecule has 0 bridgehead atoms. The van der Waals surface area contributed by atoms with E-state index in [2.05, 4.69) is 106 Å². The summed E-state index contributed by atoms with van der Waals surface area (Å²) in [6.07, 6.45) is 2.83. The number of hydrogen-bond donors (Lipinski definition) is 0. The van der Waals surface area contributed by atoms with Crippen LogP contribution in [0.5, 0.6) is 5.75 Å². The summed E-state index contributed by atoms with van der Waals surface area (Å²) >= 11 is 5.10.